The number of ether oxygens (including phenoxy) is 2. The summed E-state index contributed by atoms with van der Waals surface area (Å²) in [6.45, 7) is 9.26. The van der Waals surface area contributed by atoms with E-state index in [4.69, 9.17) is 32.7 Å². The number of likely N-dealkylation sites (N-methyl/N-ethyl adjacent to an activating group) is 1. The largest absolute Gasteiger partial charge is 0.493 e. The molecule has 0 aliphatic rings. The van der Waals surface area contributed by atoms with Crippen molar-refractivity contribution in [3.63, 3.8) is 0 Å². The Balaban J connectivity index is 2.14. The van der Waals surface area contributed by atoms with E-state index in [1.807, 2.05) is 18.2 Å². The first-order chi connectivity index (χ1) is 13.5. The van der Waals surface area contributed by atoms with Gasteiger partial charge in [-0.2, -0.15) is 0 Å². The maximum Gasteiger partial charge on any atom is 0.167 e. The van der Waals surface area contributed by atoms with E-state index < -0.39 is 0 Å². The molecule has 2 aromatic rings. The zero-order chi connectivity index (χ0) is 20.5. The molecule has 0 saturated heterocycles. The molecule has 4 nitrogen and oxygen atoms in total. The Morgan fingerprint density at radius 1 is 1.04 bits per heavy atom. The molecule has 0 heterocycles. The van der Waals surface area contributed by atoms with Crippen molar-refractivity contribution in [2.45, 2.75) is 27.0 Å². The highest BCUT2D eigenvalue weighted by molar-refractivity contribution is 9.10. The topological polar surface area (TPSA) is 33.7 Å². The van der Waals surface area contributed by atoms with Gasteiger partial charge < -0.3 is 19.7 Å². The summed E-state index contributed by atoms with van der Waals surface area (Å²) in [5.41, 5.74) is 1.76. The molecule has 0 aromatic heterocycles. The second-order valence-corrected chi connectivity index (χ2v) is 7.92. The maximum absolute atomic E-state index is 6.28. The van der Waals surface area contributed by atoms with Crippen molar-refractivity contribution in [3.8, 4) is 11.5 Å². The van der Waals surface area contributed by atoms with E-state index in [1.165, 1.54) is 0 Å². The van der Waals surface area contributed by atoms with Gasteiger partial charge in [0.15, 0.2) is 11.5 Å². The molecule has 0 saturated carbocycles. The Kier molecular flexibility index (Phi) is 9.89. The number of hydrogen-bond acceptors (Lipinski definition) is 4. The van der Waals surface area contributed by atoms with Crippen LogP contribution >= 0.6 is 39.1 Å². The second-order valence-electron chi connectivity index (χ2n) is 6.25. The molecule has 0 unspecified atom stereocenters. The fourth-order valence-corrected chi connectivity index (χ4v) is 3.83. The van der Waals surface area contributed by atoms with Crippen LogP contribution in [-0.2, 0) is 13.2 Å². The lowest BCUT2D eigenvalue weighted by molar-refractivity contribution is 0.279. The number of methoxy groups -OCH3 is 1. The molecule has 0 atom stereocenters. The van der Waals surface area contributed by atoms with Gasteiger partial charge in [-0.1, -0.05) is 59.0 Å². The van der Waals surface area contributed by atoms with Crippen molar-refractivity contribution in [1.82, 2.24) is 10.2 Å². The molecule has 0 fully saturated rings. The molecule has 1 N–H and O–H groups in total. The number of rotatable bonds is 11. The van der Waals surface area contributed by atoms with Gasteiger partial charge in [0.2, 0.25) is 0 Å². The van der Waals surface area contributed by atoms with Crippen LogP contribution in [0.4, 0.5) is 0 Å². The lowest BCUT2D eigenvalue weighted by Crippen LogP contribution is -2.31. The highest BCUT2D eigenvalue weighted by Gasteiger charge is 2.16. The van der Waals surface area contributed by atoms with Crippen LogP contribution in [0.2, 0.25) is 10.0 Å². The molecule has 0 radical (unpaired) electrons. The quantitative estimate of drug-likeness (QED) is 0.406. The zero-order valence-electron chi connectivity index (χ0n) is 16.5. The number of hydrogen-bond donors (Lipinski definition) is 1. The van der Waals surface area contributed by atoms with Gasteiger partial charge in [-0.15, -0.1) is 0 Å². The van der Waals surface area contributed by atoms with Crippen molar-refractivity contribution < 1.29 is 9.47 Å². The lowest BCUT2D eigenvalue weighted by atomic mass is 10.1. The first-order valence-electron chi connectivity index (χ1n) is 9.35. The van der Waals surface area contributed by atoms with E-state index >= 15 is 0 Å². The molecule has 0 amide bonds. The zero-order valence-corrected chi connectivity index (χ0v) is 19.6. The minimum Gasteiger partial charge on any atom is -0.493 e. The predicted octanol–water partition coefficient (Wildman–Crippen LogP) is 5.77. The number of halogens is 3. The molecular formula is C21H27BrCl2N2O2. The smallest absolute Gasteiger partial charge is 0.167 e. The van der Waals surface area contributed by atoms with E-state index in [-0.39, 0.29) is 6.61 Å². The van der Waals surface area contributed by atoms with Crippen molar-refractivity contribution >= 4 is 39.1 Å². The van der Waals surface area contributed by atoms with E-state index in [1.54, 1.807) is 19.2 Å². The minimum absolute atomic E-state index is 0.262. The standard InChI is InChI=1S/C21H27BrCl2N2O2/c1-4-26(5-2)12-11-25-13-15-17(22)9-10-20(27-3)21(15)28-14-16-18(23)7-6-8-19(16)24/h6-10,25H,4-5,11-14H2,1-3H3. The van der Waals surface area contributed by atoms with Crippen molar-refractivity contribution in [1.29, 1.82) is 0 Å². The highest BCUT2D eigenvalue weighted by Crippen LogP contribution is 2.37. The third kappa shape index (κ3) is 6.26. The van der Waals surface area contributed by atoms with Crippen LogP contribution in [0.25, 0.3) is 0 Å². The van der Waals surface area contributed by atoms with Crippen molar-refractivity contribution in [2.75, 3.05) is 33.3 Å². The van der Waals surface area contributed by atoms with E-state index in [9.17, 15) is 0 Å². The lowest BCUT2D eigenvalue weighted by Gasteiger charge is -2.20. The van der Waals surface area contributed by atoms with Crippen molar-refractivity contribution in [2.24, 2.45) is 0 Å². The molecule has 2 rings (SSSR count). The molecule has 2 aromatic carbocycles. The Hall–Kier alpha value is -0.980. The van der Waals surface area contributed by atoms with E-state index in [2.05, 4.69) is 40.0 Å². The van der Waals surface area contributed by atoms with Gasteiger partial charge in [-0.3, -0.25) is 0 Å². The molecule has 0 aliphatic carbocycles. The van der Waals surface area contributed by atoms with Gasteiger partial charge in [-0.25, -0.2) is 0 Å². The first kappa shape index (κ1) is 23.3. The summed E-state index contributed by atoms with van der Waals surface area (Å²) in [4.78, 5) is 2.38. The predicted molar refractivity (Wildman–Crippen MR) is 121 cm³/mol. The average molecular weight is 490 g/mol. The molecule has 0 aliphatic heterocycles. The molecule has 154 valence electrons. The summed E-state index contributed by atoms with van der Waals surface area (Å²) in [6, 6.07) is 9.28. The number of benzene rings is 2. The van der Waals surface area contributed by atoms with E-state index in [0.717, 1.165) is 41.8 Å². The second kappa shape index (κ2) is 11.9. The van der Waals surface area contributed by atoms with Gasteiger partial charge in [-0.05, 0) is 37.4 Å². The molecule has 7 heteroatoms. The fourth-order valence-electron chi connectivity index (χ4n) is 2.87. The van der Waals surface area contributed by atoms with E-state index in [0.29, 0.717) is 28.1 Å². The molecule has 28 heavy (non-hydrogen) atoms. The van der Waals surface area contributed by atoms with Gasteiger partial charge in [0, 0.05) is 45.3 Å². The maximum atomic E-state index is 6.28. The first-order valence-corrected chi connectivity index (χ1v) is 10.9. The summed E-state index contributed by atoms with van der Waals surface area (Å²) >= 11 is 16.2. The Morgan fingerprint density at radius 3 is 2.32 bits per heavy atom. The van der Waals surface area contributed by atoms with Gasteiger partial charge >= 0.3 is 0 Å². The Morgan fingerprint density at radius 2 is 1.71 bits per heavy atom. The van der Waals surface area contributed by atoms with Gasteiger partial charge in [0.25, 0.3) is 0 Å². The van der Waals surface area contributed by atoms with Gasteiger partial charge in [0.1, 0.15) is 6.61 Å². The summed E-state index contributed by atoms with van der Waals surface area (Å²) in [5.74, 6) is 1.36. The average Bonchev–Trinajstić information content (AvgIpc) is 2.69. The van der Waals surface area contributed by atoms with Crippen molar-refractivity contribution in [3.05, 3.63) is 56.0 Å². The number of nitrogens with one attached hydrogen (secondary N) is 1. The monoisotopic (exact) mass is 488 g/mol. The van der Waals surface area contributed by atoms with Crippen LogP contribution in [0.5, 0.6) is 11.5 Å². The molecular weight excluding hydrogens is 463 g/mol. The summed E-state index contributed by atoms with van der Waals surface area (Å²) in [7, 11) is 1.64. The molecule has 0 spiro atoms. The van der Waals surface area contributed by atoms with Crippen LogP contribution in [0.3, 0.4) is 0 Å². The molecule has 0 bridgehead atoms. The Bertz CT molecular complexity index is 750. The SMILES string of the molecule is CCN(CC)CCNCc1c(Br)ccc(OC)c1OCc1c(Cl)cccc1Cl. The van der Waals surface area contributed by atoms with Crippen LogP contribution in [0.15, 0.2) is 34.8 Å². The Labute approximate surface area is 186 Å². The number of nitrogens with zero attached hydrogens (tertiary/aromatic N) is 1. The highest BCUT2D eigenvalue weighted by atomic mass is 79.9. The third-order valence-corrected chi connectivity index (χ3v) is 6.06. The van der Waals surface area contributed by atoms with Crippen LogP contribution < -0.4 is 14.8 Å². The van der Waals surface area contributed by atoms with Gasteiger partial charge in [0.05, 0.1) is 7.11 Å². The van der Waals surface area contributed by atoms with Crippen LogP contribution in [0.1, 0.15) is 25.0 Å². The third-order valence-electron chi connectivity index (χ3n) is 4.61. The summed E-state index contributed by atoms with van der Waals surface area (Å²) in [5, 5.41) is 4.66. The van der Waals surface area contributed by atoms with Crippen LogP contribution in [-0.4, -0.2) is 38.2 Å². The fraction of sp³-hybridized carbons (Fsp3) is 0.429. The normalized spacial score (nSPS) is 11.1. The summed E-state index contributed by atoms with van der Waals surface area (Å²) in [6.07, 6.45) is 0. The summed E-state index contributed by atoms with van der Waals surface area (Å²) < 4.78 is 12.6. The van der Waals surface area contributed by atoms with Crippen LogP contribution in [0, 0.1) is 0 Å². The minimum atomic E-state index is 0.262.